The van der Waals surface area contributed by atoms with Crippen LogP contribution in [0.15, 0.2) is 30.3 Å². The summed E-state index contributed by atoms with van der Waals surface area (Å²) in [5.41, 5.74) is 1.29. The molecule has 1 aliphatic heterocycles. The molecule has 1 aromatic rings. The zero-order chi connectivity index (χ0) is 12.8. The molecule has 0 radical (unpaired) electrons. The minimum Gasteiger partial charge on any atom is -0.375 e. The summed E-state index contributed by atoms with van der Waals surface area (Å²) in [5, 5.41) is 6.37. The smallest absolute Gasteiger partial charge is 0.246 e. The number of methoxy groups -OCH3 is 1. The third kappa shape index (κ3) is 3.31. The van der Waals surface area contributed by atoms with Gasteiger partial charge in [-0.15, -0.1) is 0 Å². The Morgan fingerprint density at radius 3 is 2.94 bits per heavy atom. The number of carbonyl (C=O) groups is 1. The Morgan fingerprint density at radius 2 is 2.22 bits per heavy atom. The lowest BCUT2D eigenvalue weighted by Crippen LogP contribution is -2.50. The summed E-state index contributed by atoms with van der Waals surface area (Å²) in [6.45, 7) is 1.93. The number of hydrogen-bond donors (Lipinski definition) is 2. The molecule has 4 nitrogen and oxygen atoms in total. The van der Waals surface area contributed by atoms with E-state index in [0.717, 1.165) is 19.5 Å². The van der Waals surface area contributed by atoms with E-state index in [9.17, 15) is 4.79 Å². The summed E-state index contributed by atoms with van der Waals surface area (Å²) < 4.78 is 4.85. The molecule has 1 amide bonds. The molecule has 0 aliphatic carbocycles. The Kier molecular flexibility index (Phi) is 4.73. The summed E-state index contributed by atoms with van der Waals surface area (Å²) in [4.78, 5) is 11.6. The molecular weight excluding hydrogens is 228 g/mol. The molecule has 0 bridgehead atoms. The minimum absolute atomic E-state index is 0.0490. The van der Waals surface area contributed by atoms with Gasteiger partial charge in [0.2, 0.25) is 5.91 Å². The van der Waals surface area contributed by atoms with E-state index in [4.69, 9.17) is 4.74 Å². The van der Waals surface area contributed by atoms with E-state index in [1.165, 1.54) is 12.7 Å². The molecule has 1 fully saturated rings. The molecule has 2 atom stereocenters. The fourth-order valence-electron chi connectivity index (χ4n) is 2.49. The Bertz CT molecular complexity index is 381. The molecule has 1 heterocycles. The number of piperidine rings is 1. The first-order valence-electron chi connectivity index (χ1n) is 6.35. The predicted octanol–water partition coefficient (Wildman–Crippen LogP) is 0.895. The molecule has 0 aromatic heterocycles. The van der Waals surface area contributed by atoms with Crippen LogP contribution >= 0.6 is 0 Å². The first-order chi connectivity index (χ1) is 8.81. The third-order valence-electron chi connectivity index (χ3n) is 3.33. The predicted molar refractivity (Wildman–Crippen MR) is 70.5 cm³/mol. The molecule has 98 valence electrons. The summed E-state index contributed by atoms with van der Waals surface area (Å²) >= 11 is 0. The maximum atomic E-state index is 11.6. The Morgan fingerprint density at radius 1 is 1.44 bits per heavy atom. The van der Waals surface area contributed by atoms with E-state index in [-0.39, 0.29) is 18.6 Å². The van der Waals surface area contributed by atoms with Gasteiger partial charge < -0.3 is 15.4 Å². The van der Waals surface area contributed by atoms with Gasteiger partial charge in [0.1, 0.15) is 6.61 Å². The molecule has 0 saturated carbocycles. The zero-order valence-electron chi connectivity index (χ0n) is 10.7. The van der Waals surface area contributed by atoms with Gasteiger partial charge >= 0.3 is 0 Å². The van der Waals surface area contributed by atoms with Crippen LogP contribution in [0.5, 0.6) is 0 Å². The highest BCUT2D eigenvalue weighted by molar-refractivity contribution is 5.77. The van der Waals surface area contributed by atoms with Crippen molar-refractivity contribution in [2.45, 2.75) is 18.4 Å². The molecular formula is C14H20N2O2. The quantitative estimate of drug-likeness (QED) is 0.832. The van der Waals surface area contributed by atoms with Crippen molar-refractivity contribution >= 4 is 5.91 Å². The van der Waals surface area contributed by atoms with Crippen LogP contribution in [0, 0.1) is 0 Å². The highest BCUT2D eigenvalue weighted by Crippen LogP contribution is 2.25. The van der Waals surface area contributed by atoms with Crippen LogP contribution < -0.4 is 10.6 Å². The van der Waals surface area contributed by atoms with E-state index >= 15 is 0 Å². The lowest BCUT2D eigenvalue weighted by Gasteiger charge is -2.33. The monoisotopic (exact) mass is 248 g/mol. The molecule has 2 rings (SSSR count). The van der Waals surface area contributed by atoms with Crippen molar-refractivity contribution in [1.29, 1.82) is 0 Å². The van der Waals surface area contributed by atoms with Gasteiger partial charge in [-0.1, -0.05) is 30.3 Å². The SMILES string of the molecule is COCC(=O)NC1CNCCC1c1ccccc1. The number of carbonyl (C=O) groups excluding carboxylic acids is 1. The Balaban J connectivity index is 2.04. The normalized spacial score (nSPS) is 23.6. The summed E-state index contributed by atoms with van der Waals surface area (Å²) in [6.07, 6.45) is 1.04. The van der Waals surface area contributed by atoms with E-state index in [2.05, 4.69) is 22.8 Å². The first kappa shape index (κ1) is 13.1. The van der Waals surface area contributed by atoms with E-state index in [1.54, 1.807) is 0 Å². The van der Waals surface area contributed by atoms with Gasteiger partial charge in [-0.05, 0) is 18.5 Å². The van der Waals surface area contributed by atoms with Crippen LogP contribution in [0.25, 0.3) is 0 Å². The van der Waals surface area contributed by atoms with Gasteiger partial charge in [0.15, 0.2) is 0 Å². The number of nitrogens with one attached hydrogen (secondary N) is 2. The lowest BCUT2D eigenvalue weighted by atomic mass is 9.86. The zero-order valence-corrected chi connectivity index (χ0v) is 10.7. The van der Waals surface area contributed by atoms with Crippen molar-refractivity contribution in [1.82, 2.24) is 10.6 Å². The van der Waals surface area contributed by atoms with Gasteiger partial charge in [0.05, 0.1) is 0 Å². The minimum atomic E-state index is -0.0490. The largest absolute Gasteiger partial charge is 0.375 e. The molecule has 1 saturated heterocycles. The van der Waals surface area contributed by atoms with Crippen molar-refractivity contribution in [3.63, 3.8) is 0 Å². The maximum Gasteiger partial charge on any atom is 0.246 e. The fourth-order valence-corrected chi connectivity index (χ4v) is 2.49. The number of ether oxygens (including phenoxy) is 1. The second-order valence-electron chi connectivity index (χ2n) is 4.62. The second kappa shape index (κ2) is 6.52. The number of hydrogen-bond acceptors (Lipinski definition) is 3. The second-order valence-corrected chi connectivity index (χ2v) is 4.62. The lowest BCUT2D eigenvalue weighted by molar-refractivity contribution is -0.125. The highest BCUT2D eigenvalue weighted by Gasteiger charge is 2.27. The number of amides is 1. The Labute approximate surface area is 108 Å². The summed E-state index contributed by atoms with van der Waals surface area (Å²) in [6, 6.07) is 10.5. The van der Waals surface area contributed by atoms with Crippen molar-refractivity contribution in [3.8, 4) is 0 Å². The molecule has 2 unspecified atom stereocenters. The van der Waals surface area contributed by atoms with Crippen LogP contribution in [0.2, 0.25) is 0 Å². The topological polar surface area (TPSA) is 50.4 Å². The number of benzene rings is 1. The van der Waals surface area contributed by atoms with Crippen LogP contribution in [0.4, 0.5) is 0 Å². The fraction of sp³-hybridized carbons (Fsp3) is 0.500. The van der Waals surface area contributed by atoms with Crippen LogP contribution in [0.3, 0.4) is 0 Å². The Hall–Kier alpha value is -1.39. The van der Waals surface area contributed by atoms with Gasteiger partial charge in [-0.2, -0.15) is 0 Å². The molecule has 1 aromatic carbocycles. The molecule has 18 heavy (non-hydrogen) atoms. The third-order valence-corrected chi connectivity index (χ3v) is 3.33. The van der Waals surface area contributed by atoms with Gasteiger partial charge in [-0.3, -0.25) is 4.79 Å². The van der Waals surface area contributed by atoms with Crippen molar-refractivity contribution in [2.24, 2.45) is 0 Å². The first-order valence-corrected chi connectivity index (χ1v) is 6.35. The molecule has 4 heteroatoms. The molecule has 0 spiro atoms. The summed E-state index contributed by atoms with van der Waals surface area (Å²) in [7, 11) is 1.54. The van der Waals surface area contributed by atoms with Crippen LogP contribution in [-0.4, -0.2) is 38.8 Å². The molecule has 1 aliphatic rings. The van der Waals surface area contributed by atoms with E-state index < -0.39 is 0 Å². The van der Waals surface area contributed by atoms with Crippen LogP contribution in [0.1, 0.15) is 17.9 Å². The van der Waals surface area contributed by atoms with E-state index in [1.807, 2.05) is 18.2 Å². The average molecular weight is 248 g/mol. The average Bonchev–Trinajstić information content (AvgIpc) is 2.40. The van der Waals surface area contributed by atoms with Crippen molar-refractivity contribution in [3.05, 3.63) is 35.9 Å². The summed E-state index contributed by atoms with van der Waals surface area (Å²) in [5.74, 6) is 0.334. The van der Waals surface area contributed by atoms with Crippen molar-refractivity contribution < 1.29 is 9.53 Å². The van der Waals surface area contributed by atoms with Crippen LogP contribution in [-0.2, 0) is 9.53 Å². The van der Waals surface area contributed by atoms with Gasteiger partial charge in [0.25, 0.3) is 0 Å². The van der Waals surface area contributed by atoms with Gasteiger partial charge in [-0.25, -0.2) is 0 Å². The highest BCUT2D eigenvalue weighted by atomic mass is 16.5. The van der Waals surface area contributed by atoms with E-state index in [0.29, 0.717) is 5.92 Å². The maximum absolute atomic E-state index is 11.6. The number of rotatable bonds is 4. The van der Waals surface area contributed by atoms with Gasteiger partial charge in [0, 0.05) is 25.6 Å². The standard InChI is InChI=1S/C14H20N2O2/c1-18-10-14(17)16-13-9-15-8-7-12(13)11-5-3-2-4-6-11/h2-6,12-13,15H,7-10H2,1H3,(H,16,17). The molecule has 2 N–H and O–H groups in total. The van der Waals surface area contributed by atoms with Crippen molar-refractivity contribution in [2.75, 3.05) is 26.8 Å².